The van der Waals surface area contributed by atoms with Gasteiger partial charge in [-0.2, -0.15) is 4.98 Å². The average molecular weight is 310 g/mol. The predicted octanol–water partition coefficient (Wildman–Crippen LogP) is 1.51. The Labute approximate surface area is 112 Å². The molecule has 1 aliphatic rings. The molecule has 1 fully saturated rings. The van der Waals surface area contributed by atoms with Crippen molar-refractivity contribution >= 4 is 27.6 Å². The van der Waals surface area contributed by atoms with Crippen LogP contribution in [-0.4, -0.2) is 43.5 Å². The quantitative estimate of drug-likeness (QED) is 0.801. The van der Waals surface area contributed by atoms with Gasteiger partial charge in [-0.15, -0.1) is 5.10 Å². The molecule has 3 rings (SSSR count). The fourth-order valence-corrected chi connectivity index (χ4v) is 2.38. The molecule has 0 aromatic carbocycles. The van der Waals surface area contributed by atoms with Gasteiger partial charge < -0.3 is 4.90 Å². The van der Waals surface area contributed by atoms with Crippen LogP contribution in [0.15, 0.2) is 16.9 Å². The minimum absolute atomic E-state index is 0.101. The van der Waals surface area contributed by atoms with Crippen LogP contribution in [0.2, 0.25) is 0 Å². The van der Waals surface area contributed by atoms with E-state index in [9.17, 15) is 4.79 Å². The Balaban J connectivity index is 1.91. The van der Waals surface area contributed by atoms with Crippen LogP contribution in [0.25, 0.3) is 5.78 Å². The molecule has 0 aliphatic carbocycles. The van der Waals surface area contributed by atoms with Gasteiger partial charge in [0, 0.05) is 25.5 Å². The van der Waals surface area contributed by atoms with Crippen molar-refractivity contribution in [3.8, 4) is 0 Å². The van der Waals surface area contributed by atoms with Gasteiger partial charge >= 0.3 is 0 Å². The SMILES string of the molecule is O=C(c1nc2ncc(Br)cn2n1)N1CCCCC1. The summed E-state index contributed by atoms with van der Waals surface area (Å²) >= 11 is 3.31. The van der Waals surface area contributed by atoms with Crippen LogP contribution in [0.3, 0.4) is 0 Å². The fourth-order valence-electron chi connectivity index (χ4n) is 2.09. The Bertz CT molecular complexity index is 590. The highest BCUT2D eigenvalue weighted by molar-refractivity contribution is 9.10. The highest BCUT2D eigenvalue weighted by Gasteiger charge is 2.22. The average Bonchev–Trinajstić information content (AvgIpc) is 2.81. The number of rotatable bonds is 1. The molecule has 0 spiro atoms. The molecule has 0 radical (unpaired) electrons. The maximum atomic E-state index is 12.2. The number of piperidine rings is 1. The lowest BCUT2D eigenvalue weighted by molar-refractivity contribution is 0.0712. The topological polar surface area (TPSA) is 63.4 Å². The minimum atomic E-state index is -0.101. The smallest absolute Gasteiger partial charge is 0.293 e. The van der Waals surface area contributed by atoms with Crippen LogP contribution in [0.5, 0.6) is 0 Å². The normalized spacial score (nSPS) is 16.2. The van der Waals surface area contributed by atoms with E-state index in [0.29, 0.717) is 5.78 Å². The van der Waals surface area contributed by atoms with Crippen molar-refractivity contribution in [2.45, 2.75) is 19.3 Å². The van der Waals surface area contributed by atoms with E-state index in [1.165, 1.54) is 10.9 Å². The number of carbonyl (C=O) groups is 1. The molecule has 94 valence electrons. The van der Waals surface area contributed by atoms with Crippen LogP contribution in [0.4, 0.5) is 0 Å². The number of carbonyl (C=O) groups excluding carboxylic acids is 1. The number of nitrogens with zero attached hydrogens (tertiary/aromatic N) is 5. The van der Waals surface area contributed by atoms with E-state index in [2.05, 4.69) is 31.0 Å². The summed E-state index contributed by atoms with van der Waals surface area (Å²) in [6.45, 7) is 1.59. The van der Waals surface area contributed by atoms with E-state index in [0.717, 1.165) is 30.4 Å². The van der Waals surface area contributed by atoms with E-state index >= 15 is 0 Å². The highest BCUT2D eigenvalue weighted by atomic mass is 79.9. The number of fused-ring (bicyclic) bond motifs is 1. The highest BCUT2D eigenvalue weighted by Crippen LogP contribution is 2.12. The van der Waals surface area contributed by atoms with Gasteiger partial charge in [-0.25, -0.2) is 9.50 Å². The van der Waals surface area contributed by atoms with Gasteiger partial charge in [0.1, 0.15) is 0 Å². The molecule has 0 saturated carbocycles. The summed E-state index contributed by atoms with van der Waals surface area (Å²) in [6, 6.07) is 0. The van der Waals surface area contributed by atoms with E-state index in [1.807, 2.05) is 4.90 Å². The molecular weight excluding hydrogens is 298 g/mol. The minimum Gasteiger partial charge on any atom is -0.336 e. The van der Waals surface area contributed by atoms with E-state index in [-0.39, 0.29) is 11.7 Å². The molecule has 1 saturated heterocycles. The van der Waals surface area contributed by atoms with Gasteiger partial charge in [0.05, 0.1) is 4.47 Å². The molecular formula is C11H12BrN5O. The zero-order chi connectivity index (χ0) is 12.5. The van der Waals surface area contributed by atoms with Gasteiger partial charge in [0.15, 0.2) is 0 Å². The van der Waals surface area contributed by atoms with Crippen molar-refractivity contribution in [1.29, 1.82) is 0 Å². The van der Waals surface area contributed by atoms with Crippen molar-refractivity contribution in [2.24, 2.45) is 0 Å². The third kappa shape index (κ3) is 2.10. The van der Waals surface area contributed by atoms with E-state index in [1.54, 1.807) is 12.4 Å². The summed E-state index contributed by atoms with van der Waals surface area (Å²) in [5, 5.41) is 4.17. The Morgan fingerprint density at radius 1 is 1.28 bits per heavy atom. The van der Waals surface area contributed by atoms with Gasteiger partial charge in [0.2, 0.25) is 5.82 Å². The number of halogens is 1. The van der Waals surface area contributed by atoms with E-state index < -0.39 is 0 Å². The molecule has 0 unspecified atom stereocenters. The van der Waals surface area contributed by atoms with Crippen molar-refractivity contribution in [3.05, 3.63) is 22.7 Å². The van der Waals surface area contributed by atoms with Crippen LogP contribution < -0.4 is 0 Å². The maximum absolute atomic E-state index is 12.2. The second-order valence-corrected chi connectivity index (χ2v) is 5.22. The Kier molecular flexibility index (Phi) is 2.99. The first kappa shape index (κ1) is 11.6. The molecule has 0 atom stereocenters. The van der Waals surface area contributed by atoms with Crippen molar-refractivity contribution in [2.75, 3.05) is 13.1 Å². The van der Waals surface area contributed by atoms with Gasteiger partial charge in [-0.3, -0.25) is 4.79 Å². The predicted molar refractivity (Wildman–Crippen MR) is 68.2 cm³/mol. The zero-order valence-electron chi connectivity index (χ0n) is 9.71. The summed E-state index contributed by atoms with van der Waals surface area (Å²) in [5.74, 6) is 0.567. The molecule has 0 N–H and O–H groups in total. The number of hydrogen-bond donors (Lipinski definition) is 0. The maximum Gasteiger partial charge on any atom is 0.293 e. The van der Waals surface area contributed by atoms with Crippen LogP contribution in [0, 0.1) is 0 Å². The Hall–Kier alpha value is -1.50. The number of likely N-dealkylation sites (tertiary alicyclic amines) is 1. The number of hydrogen-bond acceptors (Lipinski definition) is 4. The summed E-state index contributed by atoms with van der Waals surface area (Å²) in [4.78, 5) is 22.3. The Morgan fingerprint density at radius 3 is 2.83 bits per heavy atom. The van der Waals surface area contributed by atoms with Crippen LogP contribution in [-0.2, 0) is 0 Å². The molecule has 3 heterocycles. The van der Waals surface area contributed by atoms with Crippen LogP contribution >= 0.6 is 15.9 Å². The first-order valence-electron chi connectivity index (χ1n) is 5.91. The van der Waals surface area contributed by atoms with Crippen LogP contribution in [0.1, 0.15) is 29.9 Å². The molecule has 6 nitrogen and oxygen atoms in total. The summed E-state index contributed by atoms with van der Waals surface area (Å²) in [7, 11) is 0. The lowest BCUT2D eigenvalue weighted by atomic mass is 10.1. The number of amides is 1. The first-order valence-corrected chi connectivity index (χ1v) is 6.70. The molecule has 1 amide bonds. The van der Waals surface area contributed by atoms with E-state index in [4.69, 9.17) is 0 Å². The molecule has 2 aromatic heterocycles. The first-order chi connectivity index (χ1) is 8.74. The van der Waals surface area contributed by atoms with Gasteiger partial charge in [-0.05, 0) is 35.2 Å². The van der Waals surface area contributed by atoms with Crippen molar-refractivity contribution in [3.63, 3.8) is 0 Å². The van der Waals surface area contributed by atoms with Crippen molar-refractivity contribution < 1.29 is 4.79 Å². The van der Waals surface area contributed by atoms with Gasteiger partial charge in [-0.1, -0.05) is 0 Å². The third-order valence-corrected chi connectivity index (χ3v) is 3.41. The fraction of sp³-hybridized carbons (Fsp3) is 0.455. The lowest BCUT2D eigenvalue weighted by Gasteiger charge is -2.25. The molecule has 2 aromatic rings. The van der Waals surface area contributed by atoms with Crippen molar-refractivity contribution in [1.82, 2.24) is 24.5 Å². The Morgan fingerprint density at radius 2 is 2.06 bits per heavy atom. The molecule has 18 heavy (non-hydrogen) atoms. The monoisotopic (exact) mass is 309 g/mol. The third-order valence-electron chi connectivity index (χ3n) is 3.00. The second kappa shape index (κ2) is 4.64. The molecule has 7 heteroatoms. The lowest BCUT2D eigenvalue weighted by Crippen LogP contribution is -2.36. The van der Waals surface area contributed by atoms with Gasteiger partial charge in [0.25, 0.3) is 11.7 Å². The second-order valence-electron chi connectivity index (χ2n) is 4.31. The number of aromatic nitrogens is 4. The molecule has 0 bridgehead atoms. The zero-order valence-corrected chi connectivity index (χ0v) is 11.3. The molecule has 1 aliphatic heterocycles. The largest absolute Gasteiger partial charge is 0.336 e. The summed E-state index contributed by atoms with van der Waals surface area (Å²) in [5.41, 5.74) is 0. The standard InChI is InChI=1S/C11H12BrN5O/c12-8-6-13-11-14-9(15-17(11)7-8)10(18)16-4-2-1-3-5-16/h6-7H,1-5H2. The summed E-state index contributed by atoms with van der Waals surface area (Å²) in [6.07, 6.45) is 6.68. The summed E-state index contributed by atoms with van der Waals surface area (Å²) < 4.78 is 2.32.